The van der Waals surface area contributed by atoms with Crippen LogP contribution in [0, 0.1) is 34.5 Å². The summed E-state index contributed by atoms with van der Waals surface area (Å²) in [6.07, 6.45) is 8.19. The minimum Gasteiger partial charge on any atom is -0.393 e. The lowest BCUT2D eigenvalue weighted by molar-refractivity contribution is -0.210. The second-order valence-electron chi connectivity index (χ2n) is 10.0. The fraction of sp³-hybridized carbons (Fsp3) is 0.952. The number of carbonyl (C=O) groups excluding carboxylic acids is 1. The average Bonchev–Trinajstić information content (AvgIpc) is 2.86. The SMILES string of the molecule is CC12CCC(O)CC1CCC1C2CCC2(C)C(C(=O)CO)CCC12O. The summed E-state index contributed by atoms with van der Waals surface area (Å²) >= 11 is 0. The van der Waals surface area contributed by atoms with Crippen molar-refractivity contribution < 1.29 is 20.1 Å². The van der Waals surface area contributed by atoms with Crippen LogP contribution in [0.3, 0.4) is 0 Å². The molecule has 0 radical (unpaired) electrons. The maximum absolute atomic E-state index is 12.3. The third-order valence-electron chi connectivity index (χ3n) is 9.37. The van der Waals surface area contributed by atoms with Crippen LogP contribution in [0.5, 0.6) is 0 Å². The third-order valence-corrected chi connectivity index (χ3v) is 9.37. The Morgan fingerprint density at radius 1 is 1.00 bits per heavy atom. The number of Topliss-reactive ketones (excluding diaryl/α,β-unsaturated/α-hetero) is 1. The van der Waals surface area contributed by atoms with E-state index < -0.39 is 12.2 Å². The highest BCUT2D eigenvalue weighted by Crippen LogP contribution is 2.69. The van der Waals surface area contributed by atoms with Crippen LogP contribution in [0.25, 0.3) is 0 Å². The number of aliphatic hydroxyl groups excluding tert-OH is 2. The predicted molar refractivity (Wildman–Crippen MR) is 94.8 cm³/mol. The Morgan fingerprint density at radius 3 is 2.48 bits per heavy atom. The Labute approximate surface area is 151 Å². The molecule has 25 heavy (non-hydrogen) atoms. The summed E-state index contributed by atoms with van der Waals surface area (Å²) in [5, 5.41) is 31.3. The smallest absolute Gasteiger partial charge is 0.161 e. The summed E-state index contributed by atoms with van der Waals surface area (Å²) < 4.78 is 0. The Hall–Kier alpha value is -0.450. The van der Waals surface area contributed by atoms with Gasteiger partial charge in [0.15, 0.2) is 5.78 Å². The molecule has 0 heterocycles. The minimum absolute atomic E-state index is 0.0856. The Bertz CT molecular complexity index is 562. The van der Waals surface area contributed by atoms with Crippen LogP contribution >= 0.6 is 0 Å². The normalized spacial score (nSPS) is 55.2. The van der Waals surface area contributed by atoms with Gasteiger partial charge in [0.25, 0.3) is 0 Å². The van der Waals surface area contributed by atoms with E-state index in [0.717, 1.165) is 44.9 Å². The number of fused-ring (bicyclic) bond motifs is 5. The van der Waals surface area contributed by atoms with Crippen LogP contribution in [0.4, 0.5) is 0 Å². The van der Waals surface area contributed by atoms with Gasteiger partial charge in [-0.15, -0.1) is 0 Å². The van der Waals surface area contributed by atoms with Gasteiger partial charge in [-0.1, -0.05) is 13.8 Å². The van der Waals surface area contributed by atoms with Gasteiger partial charge >= 0.3 is 0 Å². The van der Waals surface area contributed by atoms with Crippen molar-refractivity contribution >= 4 is 5.78 Å². The summed E-state index contributed by atoms with van der Waals surface area (Å²) in [4.78, 5) is 12.3. The van der Waals surface area contributed by atoms with Gasteiger partial charge in [-0.2, -0.15) is 0 Å². The molecule has 4 aliphatic rings. The third kappa shape index (κ3) is 2.26. The van der Waals surface area contributed by atoms with Crippen molar-refractivity contribution in [1.82, 2.24) is 0 Å². The van der Waals surface area contributed by atoms with E-state index in [2.05, 4.69) is 13.8 Å². The van der Waals surface area contributed by atoms with E-state index in [1.807, 2.05) is 0 Å². The van der Waals surface area contributed by atoms with Crippen molar-refractivity contribution in [2.75, 3.05) is 6.61 Å². The fourth-order valence-electron chi connectivity index (χ4n) is 7.83. The van der Waals surface area contributed by atoms with E-state index in [1.165, 1.54) is 0 Å². The zero-order valence-electron chi connectivity index (χ0n) is 15.7. The van der Waals surface area contributed by atoms with Crippen LogP contribution < -0.4 is 0 Å². The minimum atomic E-state index is -0.768. The number of rotatable bonds is 2. The molecule has 4 rings (SSSR count). The fourth-order valence-corrected chi connectivity index (χ4v) is 7.83. The van der Waals surface area contributed by atoms with Gasteiger partial charge < -0.3 is 15.3 Å². The average molecular weight is 350 g/mol. The molecule has 3 N–H and O–H groups in total. The Kier molecular flexibility index (Phi) is 4.14. The standard InChI is InChI=1S/C21H34O4/c1-19-8-5-14(23)11-13(19)3-4-16-15(19)6-9-20(2)17(18(24)12-22)7-10-21(16,20)25/h13-17,22-23,25H,3-12H2,1-2H3. The molecule has 4 saturated carbocycles. The molecule has 0 amide bonds. The highest BCUT2D eigenvalue weighted by atomic mass is 16.3. The second kappa shape index (κ2) is 5.77. The molecule has 142 valence electrons. The molecule has 0 aliphatic heterocycles. The zero-order valence-corrected chi connectivity index (χ0v) is 15.7. The quantitative estimate of drug-likeness (QED) is 0.715. The summed E-state index contributed by atoms with van der Waals surface area (Å²) in [5.41, 5.74) is -0.931. The van der Waals surface area contributed by atoms with Crippen molar-refractivity contribution in [3.05, 3.63) is 0 Å². The van der Waals surface area contributed by atoms with Crippen molar-refractivity contribution in [2.24, 2.45) is 34.5 Å². The zero-order chi connectivity index (χ0) is 18.0. The molecule has 0 saturated heterocycles. The van der Waals surface area contributed by atoms with Crippen molar-refractivity contribution in [3.8, 4) is 0 Å². The van der Waals surface area contributed by atoms with Crippen molar-refractivity contribution in [2.45, 2.75) is 83.3 Å². The Morgan fingerprint density at radius 2 is 1.76 bits per heavy atom. The van der Waals surface area contributed by atoms with Crippen LogP contribution in [-0.2, 0) is 4.79 Å². The molecule has 0 aromatic carbocycles. The monoisotopic (exact) mass is 350 g/mol. The maximum Gasteiger partial charge on any atom is 0.161 e. The Balaban J connectivity index is 1.66. The van der Waals surface area contributed by atoms with Gasteiger partial charge in [-0.25, -0.2) is 0 Å². The van der Waals surface area contributed by atoms with Crippen LogP contribution in [-0.4, -0.2) is 39.4 Å². The first-order valence-corrected chi connectivity index (χ1v) is 10.3. The maximum atomic E-state index is 12.3. The molecule has 4 fully saturated rings. The van der Waals surface area contributed by atoms with Crippen LogP contribution in [0.15, 0.2) is 0 Å². The molecule has 4 aliphatic carbocycles. The van der Waals surface area contributed by atoms with Crippen LogP contribution in [0.2, 0.25) is 0 Å². The van der Waals surface area contributed by atoms with Crippen molar-refractivity contribution in [3.63, 3.8) is 0 Å². The predicted octanol–water partition coefficient (Wildman–Crippen LogP) is 2.68. The number of hydrogen-bond acceptors (Lipinski definition) is 4. The molecule has 0 aromatic heterocycles. The largest absolute Gasteiger partial charge is 0.393 e. The number of carbonyl (C=O) groups is 1. The van der Waals surface area contributed by atoms with Gasteiger partial charge in [-0.05, 0) is 81.0 Å². The molecule has 0 spiro atoms. The molecular formula is C21H34O4. The van der Waals surface area contributed by atoms with Gasteiger partial charge in [0.1, 0.15) is 6.61 Å². The first-order valence-electron chi connectivity index (χ1n) is 10.3. The van der Waals surface area contributed by atoms with Crippen molar-refractivity contribution in [1.29, 1.82) is 0 Å². The molecule has 0 bridgehead atoms. The first-order chi connectivity index (χ1) is 11.8. The molecule has 4 nitrogen and oxygen atoms in total. The molecule has 8 unspecified atom stereocenters. The highest BCUT2D eigenvalue weighted by Gasteiger charge is 2.68. The first kappa shape index (κ1) is 17.9. The number of ketones is 1. The highest BCUT2D eigenvalue weighted by molar-refractivity contribution is 5.83. The van der Waals surface area contributed by atoms with E-state index in [9.17, 15) is 20.1 Å². The summed E-state index contributed by atoms with van der Waals surface area (Å²) in [7, 11) is 0. The summed E-state index contributed by atoms with van der Waals surface area (Å²) in [6.45, 7) is 4.10. The van der Waals surface area contributed by atoms with Crippen LogP contribution in [0.1, 0.15) is 71.6 Å². The molecular weight excluding hydrogens is 316 g/mol. The van der Waals surface area contributed by atoms with Gasteiger partial charge in [0, 0.05) is 11.3 Å². The lowest BCUT2D eigenvalue weighted by Crippen LogP contribution is -2.62. The van der Waals surface area contributed by atoms with E-state index in [1.54, 1.807) is 0 Å². The number of hydrogen-bond donors (Lipinski definition) is 3. The topological polar surface area (TPSA) is 77.8 Å². The molecule has 0 aromatic rings. The number of aliphatic hydroxyl groups is 3. The molecule has 8 atom stereocenters. The summed E-state index contributed by atoms with van der Waals surface area (Å²) in [6, 6.07) is 0. The van der Waals surface area contributed by atoms with Gasteiger partial charge in [0.2, 0.25) is 0 Å². The van der Waals surface area contributed by atoms with E-state index in [0.29, 0.717) is 24.7 Å². The van der Waals surface area contributed by atoms with E-state index >= 15 is 0 Å². The lowest BCUT2D eigenvalue weighted by Gasteiger charge is -2.63. The van der Waals surface area contributed by atoms with E-state index in [4.69, 9.17) is 0 Å². The lowest BCUT2D eigenvalue weighted by atomic mass is 9.43. The van der Waals surface area contributed by atoms with Gasteiger partial charge in [-0.3, -0.25) is 4.79 Å². The van der Waals surface area contributed by atoms with E-state index in [-0.39, 0.29) is 34.6 Å². The molecule has 4 heteroatoms. The van der Waals surface area contributed by atoms with Gasteiger partial charge in [0.05, 0.1) is 11.7 Å². The second-order valence-corrected chi connectivity index (χ2v) is 10.0. The summed E-state index contributed by atoms with van der Waals surface area (Å²) in [5.74, 6) is 1.06.